The van der Waals surface area contributed by atoms with E-state index in [1.165, 1.54) is 0 Å². The highest BCUT2D eigenvalue weighted by Gasteiger charge is 2.39. The number of benzene rings is 1. The number of aryl methyl sites for hydroxylation is 2. The number of hydrogen-bond acceptors (Lipinski definition) is 1. The molecule has 0 aromatic heterocycles. The van der Waals surface area contributed by atoms with Crippen molar-refractivity contribution in [2.24, 2.45) is 0 Å². The van der Waals surface area contributed by atoms with Crippen LogP contribution in [-0.4, -0.2) is 12.1 Å². The maximum absolute atomic E-state index is 12.1. The van der Waals surface area contributed by atoms with E-state index in [1.807, 2.05) is 34.8 Å². The third kappa shape index (κ3) is 3.10. The Morgan fingerprint density at radius 2 is 1.88 bits per heavy atom. The summed E-state index contributed by atoms with van der Waals surface area (Å²) in [5.41, 5.74) is 1.77. The lowest BCUT2D eigenvalue weighted by molar-refractivity contribution is -0.167. The van der Waals surface area contributed by atoms with Crippen molar-refractivity contribution >= 4 is 34.2 Å². The Kier molecular flexibility index (Phi) is 3.82. The van der Waals surface area contributed by atoms with Crippen LogP contribution in [-0.2, 0) is 4.79 Å². The van der Waals surface area contributed by atoms with Crippen LogP contribution in [0.2, 0.25) is 0 Å². The molecule has 0 radical (unpaired) electrons. The number of nitrogens with one attached hydrogen (secondary N) is 1. The topological polar surface area (TPSA) is 29.1 Å². The summed E-state index contributed by atoms with van der Waals surface area (Å²) in [5, 5.41) is 1.87. The lowest BCUT2D eigenvalue weighted by atomic mass is 10.1. The summed E-state index contributed by atoms with van der Waals surface area (Å²) in [5.74, 6) is -1.95. The molecule has 0 aliphatic carbocycles. The number of rotatable bonds is 1. The first kappa shape index (κ1) is 13.3. The summed E-state index contributed by atoms with van der Waals surface area (Å²) in [4.78, 5) is 10.8. The van der Waals surface area contributed by atoms with Crippen molar-refractivity contribution in [1.82, 2.24) is 0 Å². The molecule has 0 aliphatic rings. The third-order valence-electron chi connectivity index (χ3n) is 1.93. The summed E-state index contributed by atoms with van der Waals surface area (Å²) >= 11 is 1.89. The van der Waals surface area contributed by atoms with Crippen molar-refractivity contribution < 1.29 is 18.0 Å². The first-order valence-electron chi connectivity index (χ1n) is 4.36. The monoisotopic (exact) mass is 343 g/mol. The van der Waals surface area contributed by atoms with Gasteiger partial charge >= 0.3 is 12.1 Å². The van der Waals surface area contributed by atoms with Gasteiger partial charge in [-0.3, -0.25) is 4.79 Å². The van der Waals surface area contributed by atoms with E-state index in [-0.39, 0.29) is 5.69 Å². The molecule has 0 fully saturated rings. The summed E-state index contributed by atoms with van der Waals surface area (Å²) < 4.78 is 36.8. The zero-order valence-electron chi connectivity index (χ0n) is 8.57. The Morgan fingerprint density at radius 1 is 1.31 bits per heavy atom. The second kappa shape index (κ2) is 4.60. The van der Waals surface area contributed by atoms with E-state index in [9.17, 15) is 18.0 Å². The van der Waals surface area contributed by atoms with Crippen molar-refractivity contribution in [1.29, 1.82) is 0 Å². The molecule has 1 amide bonds. The standard InChI is InChI=1S/C10H9F3INO/c1-5-3-6(2)8(7(14)4-5)15-9(16)10(11,12)13/h3-4H,1-2H3,(H,15,16). The lowest BCUT2D eigenvalue weighted by Gasteiger charge is -2.12. The fraction of sp³-hybridized carbons (Fsp3) is 0.300. The van der Waals surface area contributed by atoms with Gasteiger partial charge in [0.15, 0.2) is 0 Å². The number of amides is 1. The van der Waals surface area contributed by atoms with E-state index < -0.39 is 12.1 Å². The van der Waals surface area contributed by atoms with Gasteiger partial charge in [0.1, 0.15) is 0 Å². The lowest BCUT2D eigenvalue weighted by Crippen LogP contribution is -2.30. The highest BCUT2D eigenvalue weighted by Crippen LogP contribution is 2.26. The minimum Gasteiger partial charge on any atom is -0.317 e. The van der Waals surface area contributed by atoms with Gasteiger partial charge in [-0.25, -0.2) is 0 Å². The van der Waals surface area contributed by atoms with Crippen LogP contribution in [0.5, 0.6) is 0 Å². The van der Waals surface area contributed by atoms with Gasteiger partial charge in [0, 0.05) is 3.57 Å². The van der Waals surface area contributed by atoms with Crippen LogP contribution in [0.4, 0.5) is 18.9 Å². The van der Waals surface area contributed by atoms with Crippen molar-refractivity contribution in [2.75, 3.05) is 5.32 Å². The Balaban J connectivity index is 3.03. The maximum Gasteiger partial charge on any atom is 0.471 e. The Labute approximate surface area is 104 Å². The minimum atomic E-state index is -4.86. The van der Waals surface area contributed by atoms with E-state index in [0.29, 0.717) is 9.13 Å². The van der Waals surface area contributed by atoms with Crippen LogP contribution >= 0.6 is 22.6 Å². The summed E-state index contributed by atoms with van der Waals surface area (Å²) in [6.45, 7) is 3.49. The number of halogens is 4. The Morgan fingerprint density at radius 3 is 2.31 bits per heavy atom. The molecule has 16 heavy (non-hydrogen) atoms. The second-order valence-electron chi connectivity index (χ2n) is 3.39. The van der Waals surface area contributed by atoms with E-state index in [1.54, 1.807) is 19.1 Å². The number of hydrogen-bond donors (Lipinski definition) is 1. The average molecular weight is 343 g/mol. The fourth-order valence-corrected chi connectivity index (χ4v) is 2.31. The second-order valence-corrected chi connectivity index (χ2v) is 4.55. The van der Waals surface area contributed by atoms with Gasteiger partial charge < -0.3 is 5.32 Å². The van der Waals surface area contributed by atoms with Crippen molar-refractivity contribution in [3.8, 4) is 0 Å². The van der Waals surface area contributed by atoms with Gasteiger partial charge in [-0.05, 0) is 53.6 Å². The van der Waals surface area contributed by atoms with Gasteiger partial charge in [-0.2, -0.15) is 13.2 Å². The molecule has 0 spiro atoms. The van der Waals surface area contributed by atoms with Crippen molar-refractivity contribution in [2.45, 2.75) is 20.0 Å². The van der Waals surface area contributed by atoms with Crippen LogP contribution in [0, 0.1) is 17.4 Å². The predicted octanol–water partition coefficient (Wildman–Crippen LogP) is 3.41. The van der Waals surface area contributed by atoms with Crippen LogP contribution in [0.1, 0.15) is 11.1 Å². The van der Waals surface area contributed by atoms with Gasteiger partial charge in [-0.15, -0.1) is 0 Å². The molecule has 0 saturated heterocycles. The molecule has 1 rings (SSSR count). The molecule has 0 heterocycles. The zero-order chi connectivity index (χ0) is 12.5. The highest BCUT2D eigenvalue weighted by atomic mass is 127. The van der Waals surface area contributed by atoms with Gasteiger partial charge in [0.2, 0.25) is 0 Å². The zero-order valence-corrected chi connectivity index (χ0v) is 10.7. The van der Waals surface area contributed by atoms with Gasteiger partial charge in [0.05, 0.1) is 5.69 Å². The minimum absolute atomic E-state index is 0.216. The van der Waals surface area contributed by atoms with Crippen LogP contribution in [0.25, 0.3) is 0 Å². The normalized spacial score (nSPS) is 11.4. The first-order chi connectivity index (χ1) is 7.21. The first-order valence-corrected chi connectivity index (χ1v) is 5.44. The largest absolute Gasteiger partial charge is 0.471 e. The van der Waals surface area contributed by atoms with E-state index >= 15 is 0 Å². The predicted molar refractivity (Wildman–Crippen MR) is 63.3 cm³/mol. The number of anilines is 1. The average Bonchev–Trinajstić information content (AvgIpc) is 2.08. The third-order valence-corrected chi connectivity index (χ3v) is 2.78. The smallest absolute Gasteiger partial charge is 0.317 e. The van der Waals surface area contributed by atoms with Gasteiger partial charge in [0.25, 0.3) is 0 Å². The van der Waals surface area contributed by atoms with Crippen LogP contribution in [0.15, 0.2) is 12.1 Å². The summed E-state index contributed by atoms with van der Waals surface area (Å²) in [6.07, 6.45) is -4.86. The molecular weight excluding hydrogens is 334 g/mol. The Hall–Kier alpha value is -0.790. The van der Waals surface area contributed by atoms with Crippen LogP contribution < -0.4 is 5.32 Å². The fourth-order valence-electron chi connectivity index (χ4n) is 1.26. The molecule has 6 heteroatoms. The number of carbonyl (C=O) groups excluding carboxylic acids is 1. The summed E-state index contributed by atoms with van der Waals surface area (Å²) in [7, 11) is 0. The summed E-state index contributed by atoms with van der Waals surface area (Å²) in [6, 6.07) is 3.42. The molecule has 0 bridgehead atoms. The Bertz CT molecular complexity index is 406. The molecule has 1 aromatic carbocycles. The van der Waals surface area contributed by atoms with E-state index in [0.717, 1.165) is 5.56 Å². The molecule has 2 nitrogen and oxygen atoms in total. The number of alkyl halides is 3. The van der Waals surface area contributed by atoms with E-state index in [2.05, 4.69) is 0 Å². The molecule has 1 aromatic rings. The van der Waals surface area contributed by atoms with Crippen LogP contribution in [0.3, 0.4) is 0 Å². The number of carbonyl (C=O) groups is 1. The van der Waals surface area contributed by atoms with Crippen molar-refractivity contribution in [3.05, 3.63) is 26.8 Å². The highest BCUT2D eigenvalue weighted by molar-refractivity contribution is 14.1. The molecule has 0 saturated carbocycles. The maximum atomic E-state index is 12.1. The van der Waals surface area contributed by atoms with E-state index in [4.69, 9.17) is 0 Å². The SMILES string of the molecule is Cc1cc(C)c(NC(=O)C(F)(F)F)c(I)c1. The van der Waals surface area contributed by atoms with Crippen molar-refractivity contribution in [3.63, 3.8) is 0 Å². The molecule has 1 N–H and O–H groups in total. The quantitative estimate of drug-likeness (QED) is 0.778. The molecular formula is C10H9F3INO. The molecule has 88 valence electrons. The molecule has 0 atom stereocenters. The van der Waals surface area contributed by atoms with Gasteiger partial charge in [-0.1, -0.05) is 6.07 Å². The molecule has 0 aliphatic heterocycles. The molecule has 0 unspecified atom stereocenters.